The zero-order valence-electron chi connectivity index (χ0n) is 20.6. The van der Waals surface area contributed by atoms with Gasteiger partial charge in [-0.2, -0.15) is 0 Å². The van der Waals surface area contributed by atoms with Gasteiger partial charge in [-0.25, -0.2) is 0 Å². The Morgan fingerprint density at radius 1 is 1.00 bits per heavy atom. The highest BCUT2D eigenvalue weighted by molar-refractivity contribution is 5.92. The van der Waals surface area contributed by atoms with Crippen LogP contribution in [0.5, 0.6) is 5.75 Å². The Bertz CT molecular complexity index is 961. The Balaban J connectivity index is 1.55. The van der Waals surface area contributed by atoms with Gasteiger partial charge in [-0.1, -0.05) is 19.3 Å². The Morgan fingerprint density at radius 2 is 1.69 bits per heavy atom. The highest BCUT2D eigenvalue weighted by Crippen LogP contribution is 2.23. The summed E-state index contributed by atoms with van der Waals surface area (Å²) in [5.74, 6) is -0.480. The van der Waals surface area contributed by atoms with Crippen molar-refractivity contribution in [3.05, 3.63) is 30.0 Å². The first-order valence-electron chi connectivity index (χ1n) is 12.4. The van der Waals surface area contributed by atoms with Crippen LogP contribution in [0, 0.1) is 0 Å². The van der Waals surface area contributed by atoms with Crippen LogP contribution in [0.2, 0.25) is 0 Å². The van der Waals surface area contributed by atoms with Gasteiger partial charge in [0.2, 0.25) is 17.7 Å². The maximum absolute atomic E-state index is 12.4. The molecule has 1 aromatic heterocycles. The third-order valence-electron chi connectivity index (χ3n) is 5.88. The van der Waals surface area contributed by atoms with Crippen LogP contribution in [0.4, 0.5) is 0 Å². The van der Waals surface area contributed by atoms with E-state index < -0.39 is 12.1 Å². The third-order valence-corrected chi connectivity index (χ3v) is 5.88. The van der Waals surface area contributed by atoms with Gasteiger partial charge < -0.3 is 37.5 Å². The summed E-state index contributed by atoms with van der Waals surface area (Å²) in [5, 5.41) is 18.9. The van der Waals surface area contributed by atoms with E-state index >= 15 is 0 Å². The summed E-state index contributed by atoms with van der Waals surface area (Å²) in [6, 6.07) is 3.81. The van der Waals surface area contributed by atoms with Crippen molar-refractivity contribution >= 4 is 28.6 Å². The summed E-state index contributed by atoms with van der Waals surface area (Å²) in [4.78, 5) is 39.6. The van der Waals surface area contributed by atoms with Crippen LogP contribution >= 0.6 is 0 Å². The second-order valence-corrected chi connectivity index (χ2v) is 8.90. The van der Waals surface area contributed by atoms with E-state index in [1.54, 1.807) is 31.3 Å². The number of phenols is 1. The van der Waals surface area contributed by atoms with Gasteiger partial charge >= 0.3 is 0 Å². The number of hydrogen-bond donors (Lipinski definition) is 7. The molecule has 0 saturated heterocycles. The molecule has 0 saturated carbocycles. The topological polar surface area (TPSA) is 175 Å². The number of phenolic OH excluding ortho intramolecular Hbond substituents is 1. The fourth-order valence-electron chi connectivity index (χ4n) is 3.79. The molecule has 0 aliphatic carbocycles. The van der Waals surface area contributed by atoms with E-state index in [-0.39, 0.29) is 29.9 Å². The molecule has 0 radical (unpaired) electrons. The number of rotatable bonds is 16. The van der Waals surface area contributed by atoms with Crippen LogP contribution in [-0.4, -0.2) is 59.5 Å². The van der Waals surface area contributed by atoms with E-state index in [0.717, 1.165) is 55.0 Å². The first-order chi connectivity index (χ1) is 16.8. The summed E-state index contributed by atoms with van der Waals surface area (Å²) in [6.07, 6.45) is 7.75. The quantitative estimate of drug-likeness (QED) is 0.174. The van der Waals surface area contributed by atoms with E-state index in [1.165, 1.54) is 0 Å². The molecule has 0 aliphatic rings. The molecule has 0 bridgehead atoms. The van der Waals surface area contributed by atoms with E-state index in [1.807, 2.05) is 0 Å². The van der Waals surface area contributed by atoms with Gasteiger partial charge in [-0.3, -0.25) is 14.4 Å². The maximum atomic E-state index is 12.4. The number of benzene rings is 1. The summed E-state index contributed by atoms with van der Waals surface area (Å²) < 4.78 is 0. The molecule has 1 heterocycles. The number of carbonyl (C=O) groups is 3. The van der Waals surface area contributed by atoms with Crippen LogP contribution in [0.25, 0.3) is 10.9 Å². The van der Waals surface area contributed by atoms with Crippen molar-refractivity contribution in [1.82, 2.24) is 20.9 Å². The van der Waals surface area contributed by atoms with Crippen molar-refractivity contribution in [2.24, 2.45) is 11.5 Å². The molecule has 9 N–H and O–H groups in total. The lowest BCUT2D eigenvalue weighted by molar-refractivity contribution is -0.128. The normalized spacial score (nSPS) is 12.8. The van der Waals surface area contributed by atoms with Crippen molar-refractivity contribution in [1.29, 1.82) is 0 Å². The number of aromatic nitrogens is 1. The zero-order valence-corrected chi connectivity index (χ0v) is 20.6. The number of aromatic hydroxyl groups is 1. The van der Waals surface area contributed by atoms with E-state index in [0.29, 0.717) is 26.1 Å². The minimum Gasteiger partial charge on any atom is -0.508 e. The number of unbranched alkanes of at least 4 members (excludes halogenated alkanes) is 4. The first-order valence-corrected chi connectivity index (χ1v) is 12.4. The molecule has 194 valence electrons. The van der Waals surface area contributed by atoms with E-state index in [2.05, 4.69) is 20.9 Å². The molecule has 0 unspecified atom stereocenters. The maximum Gasteiger partial charge on any atom is 0.242 e. The van der Waals surface area contributed by atoms with E-state index in [9.17, 15) is 19.5 Å². The Kier molecular flexibility index (Phi) is 12.1. The third kappa shape index (κ3) is 9.96. The molecule has 10 nitrogen and oxygen atoms in total. The molecule has 3 amide bonds. The molecule has 2 atom stereocenters. The number of amides is 3. The first kappa shape index (κ1) is 28.1. The largest absolute Gasteiger partial charge is 0.508 e. The van der Waals surface area contributed by atoms with Gasteiger partial charge in [0.25, 0.3) is 0 Å². The lowest BCUT2D eigenvalue weighted by atomic mass is 10.1. The molecule has 1 aromatic carbocycles. The summed E-state index contributed by atoms with van der Waals surface area (Å²) in [7, 11) is 0. The number of hydrogen-bond acceptors (Lipinski definition) is 6. The predicted molar refractivity (Wildman–Crippen MR) is 137 cm³/mol. The lowest BCUT2D eigenvalue weighted by Crippen LogP contribution is -2.45. The Hall–Kier alpha value is -3.11. The fourth-order valence-corrected chi connectivity index (χ4v) is 3.79. The molecule has 0 spiro atoms. The molecule has 2 aromatic rings. The molecular formula is C25H40N6O4. The predicted octanol–water partition coefficient (Wildman–Crippen LogP) is 1.17. The van der Waals surface area contributed by atoms with Crippen LogP contribution in [-0.2, 0) is 20.8 Å². The lowest BCUT2D eigenvalue weighted by Gasteiger charge is -2.14. The number of nitrogens with two attached hydrogens (primary N) is 2. The van der Waals surface area contributed by atoms with Crippen molar-refractivity contribution in [2.45, 2.75) is 70.4 Å². The number of H-pyrrole nitrogens is 1. The Labute approximate surface area is 206 Å². The van der Waals surface area contributed by atoms with Crippen LogP contribution in [0.1, 0.15) is 57.4 Å². The van der Waals surface area contributed by atoms with Gasteiger partial charge in [-0.15, -0.1) is 0 Å². The standard InChI is InChI=1S/C25H40N6O4/c1-17(31-23(33)14-18-16-30-22-10-9-19(32)15-20(18)22)24(34)28-12-6-2-3-7-13-29-25(35)21(27)8-4-5-11-26/h9-10,15-17,21,30,32H,2-8,11-14,26-27H2,1H3,(H,28,34)(H,29,35)(H,31,33)/t17-,21-/m0/s1. The van der Waals surface area contributed by atoms with Crippen molar-refractivity contribution in [2.75, 3.05) is 19.6 Å². The molecular weight excluding hydrogens is 448 g/mol. The highest BCUT2D eigenvalue weighted by Gasteiger charge is 2.17. The molecule has 35 heavy (non-hydrogen) atoms. The number of aromatic amines is 1. The second kappa shape index (κ2) is 15.0. The zero-order chi connectivity index (χ0) is 25.6. The molecule has 0 aliphatic heterocycles. The van der Waals surface area contributed by atoms with Crippen LogP contribution in [0.3, 0.4) is 0 Å². The van der Waals surface area contributed by atoms with E-state index in [4.69, 9.17) is 11.5 Å². The monoisotopic (exact) mass is 488 g/mol. The minimum atomic E-state index is -0.648. The van der Waals surface area contributed by atoms with Crippen LogP contribution in [0.15, 0.2) is 24.4 Å². The fraction of sp³-hybridized carbons (Fsp3) is 0.560. The number of nitrogens with one attached hydrogen (secondary N) is 4. The average molecular weight is 489 g/mol. The van der Waals surface area contributed by atoms with Gasteiger partial charge in [0.05, 0.1) is 12.5 Å². The van der Waals surface area contributed by atoms with Crippen molar-refractivity contribution in [3.63, 3.8) is 0 Å². The molecule has 2 rings (SSSR count). The smallest absolute Gasteiger partial charge is 0.242 e. The average Bonchev–Trinajstić information content (AvgIpc) is 3.21. The number of fused-ring (bicyclic) bond motifs is 1. The van der Waals surface area contributed by atoms with Gasteiger partial charge in [0.15, 0.2) is 0 Å². The SMILES string of the molecule is C[C@H](NC(=O)Cc1c[nH]c2ccc(O)cc12)C(=O)NCCCCCCNC(=O)[C@@H](N)CCCCN. The summed E-state index contributed by atoms with van der Waals surface area (Å²) >= 11 is 0. The Morgan fingerprint density at radius 3 is 2.37 bits per heavy atom. The van der Waals surface area contributed by atoms with Gasteiger partial charge in [0, 0.05) is 30.2 Å². The minimum absolute atomic E-state index is 0.107. The van der Waals surface area contributed by atoms with Crippen LogP contribution < -0.4 is 27.4 Å². The molecule has 10 heteroatoms. The number of carbonyl (C=O) groups excluding carboxylic acids is 3. The summed E-state index contributed by atoms with van der Waals surface area (Å²) in [6.45, 7) is 3.38. The van der Waals surface area contributed by atoms with Gasteiger partial charge in [0.1, 0.15) is 11.8 Å². The summed E-state index contributed by atoms with van der Waals surface area (Å²) in [5.41, 5.74) is 12.9. The van der Waals surface area contributed by atoms with Gasteiger partial charge in [-0.05, 0) is 62.9 Å². The van der Waals surface area contributed by atoms with Crippen molar-refractivity contribution < 1.29 is 19.5 Å². The van der Waals surface area contributed by atoms with Crippen molar-refractivity contribution in [3.8, 4) is 5.75 Å². The molecule has 0 fully saturated rings. The second-order valence-electron chi connectivity index (χ2n) is 8.90. The highest BCUT2D eigenvalue weighted by atomic mass is 16.3.